The van der Waals surface area contributed by atoms with Crippen molar-refractivity contribution < 1.29 is 24.9 Å². The Balaban J connectivity index is 1.33. The summed E-state index contributed by atoms with van der Waals surface area (Å²) in [4.78, 5) is 12.3. The molecule has 6 nitrogen and oxygen atoms in total. The molecule has 6 heteroatoms. The predicted molar refractivity (Wildman–Crippen MR) is 121 cm³/mol. The van der Waals surface area contributed by atoms with E-state index >= 15 is 0 Å². The van der Waals surface area contributed by atoms with Gasteiger partial charge in [-0.3, -0.25) is 0 Å². The van der Waals surface area contributed by atoms with E-state index in [1.54, 1.807) is 18.2 Å². The number of hydrogen-bond donors (Lipinski definition) is 4. The Morgan fingerprint density at radius 3 is 2.22 bits per heavy atom. The zero-order chi connectivity index (χ0) is 22.7. The Morgan fingerprint density at radius 1 is 1.00 bits per heavy atom. The van der Waals surface area contributed by atoms with E-state index in [1.807, 2.05) is 43.3 Å². The second-order valence-corrected chi connectivity index (χ2v) is 8.06. The number of amides is 1. The van der Waals surface area contributed by atoms with Crippen LogP contribution in [0.5, 0.6) is 0 Å². The molecule has 1 amide bonds. The molecule has 0 aliphatic heterocycles. The fraction of sp³-hybridized carbons (Fsp3) is 0.269. The number of aliphatic hydroxyl groups is 3. The molecular weight excluding hydrogens is 406 g/mol. The summed E-state index contributed by atoms with van der Waals surface area (Å²) in [5.41, 5.74) is 6.64. The largest absolute Gasteiger partial charge is 0.449 e. The van der Waals surface area contributed by atoms with Gasteiger partial charge in [0.15, 0.2) is 0 Å². The number of rotatable bonds is 7. The number of hydrogen-bond acceptors (Lipinski definition) is 5. The monoisotopic (exact) mass is 433 g/mol. The third-order valence-corrected chi connectivity index (χ3v) is 6.04. The van der Waals surface area contributed by atoms with Crippen molar-refractivity contribution in [1.82, 2.24) is 5.32 Å². The first-order valence-corrected chi connectivity index (χ1v) is 10.6. The van der Waals surface area contributed by atoms with Crippen LogP contribution in [-0.4, -0.2) is 40.7 Å². The molecule has 0 heterocycles. The van der Waals surface area contributed by atoms with Crippen LogP contribution in [0.3, 0.4) is 0 Å². The lowest BCUT2D eigenvalue weighted by atomic mass is 9.98. The number of benzene rings is 3. The topological polar surface area (TPSA) is 99.0 Å². The Morgan fingerprint density at radius 2 is 1.62 bits per heavy atom. The number of aliphatic hydroxyl groups excluding tert-OH is 3. The summed E-state index contributed by atoms with van der Waals surface area (Å²) < 4.78 is 5.45. The first kappa shape index (κ1) is 22.0. The summed E-state index contributed by atoms with van der Waals surface area (Å²) in [5, 5.41) is 32.5. The molecule has 4 N–H and O–H groups in total. The van der Waals surface area contributed by atoms with Crippen LogP contribution >= 0.6 is 0 Å². The molecule has 2 unspecified atom stereocenters. The highest BCUT2D eigenvalue weighted by atomic mass is 16.5. The second-order valence-electron chi connectivity index (χ2n) is 8.06. The minimum absolute atomic E-state index is 0.0447. The molecule has 166 valence electrons. The van der Waals surface area contributed by atoms with Crippen LogP contribution in [-0.2, 0) is 11.3 Å². The first-order valence-electron chi connectivity index (χ1n) is 10.6. The van der Waals surface area contributed by atoms with Crippen molar-refractivity contribution in [2.75, 3.05) is 13.2 Å². The van der Waals surface area contributed by atoms with Gasteiger partial charge >= 0.3 is 6.09 Å². The molecule has 0 spiro atoms. The van der Waals surface area contributed by atoms with Gasteiger partial charge in [-0.25, -0.2) is 4.79 Å². The molecular formula is C26H27NO5. The predicted octanol–water partition coefficient (Wildman–Crippen LogP) is 3.42. The lowest BCUT2D eigenvalue weighted by molar-refractivity contribution is 0.0185. The van der Waals surface area contributed by atoms with Crippen LogP contribution in [0, 0.1) is 6.92 Å². The van der Waals surface area contributed by atoms with Gasteiger partial charge in [-0.1, -0.05) is 66.7 Å². The Kier molecular flexibility index (Phi) is 6.55. The molecule has 0 fully saturated rings. The van der Waals surface area contributed by atoms with E-state index in [-0.39, 0.29) is 25.7 Å². The highest BCUT2D eigenvalue weighted by Crippen LogP contribution is 2.44. The van der Waals surface area contributed by atoms with Gasteiger partial charge in [0.25, 0.3) is 0 Å². The van der Waals surface area contributed by atoms with Crippen LogP contribution in [0.1, 0.15) is 39.8 Å². The van der Waals surface area contributed by atoms with Crippen LogP contribution < -0.4 is 5.32 Å². The molecule has 0 saturated carbocycles. The van der Waals surface area contributed by atoms with Crippen LogP contribution in [0.4, 0.5) is 4.79 Å². The van der Waals surface area contributed by atoms with Gasteiger partial charge in [-0.2, -0.15) is 0 Å². The number of alkyl carbamates (subject to hydrolysis) is 1. The van der Waals surface area contributed by atoms with E-state index in [0.717, 1.165) is 33.4 Å². The van der Waals surface area contributed by atoms with Gasteiger partial charge in [-0.05, 0) is 45.9 Å². The third-order valence-electron chi connectivity index (χ3n) is 6.04. The zero-order valence-corrected chi connectivity index (χ0v) is 17.9. The summed E-state index contributed by atoms with van der Waals surface area (Å²) in [6.07, 6.45) is -3.02. The summed E-state index contributed by atoms with van der Waals surface area (Å²) in [6, 6.07) is 21.3. The lowest BCUT2D eigenvalue weighted by Gasteiger charge is -2.20. The number of nitrogens with one attached hydrogen (secondary N) is 1. The van der Waals surface area contributed by atoms with Gasteiger partial charge in [-0.15, -0.1) is 0 Å². The SMILES string of the molecule is Cc1cc(C(O)C(O)CNC(=O)OCC2c3ccccc3-c3ccccc32)ccc1CO. The smallest absolute Gasteiger partial charge is 0.407 e. The van der Waals surface area contributed by atoms with Crippen molar-refractivity contribution in [3.63, 3.8) is 0 Å². The number of carbonyl (C=O) groups is 1. The van der Waals surface area contributed by atoms with E-state index in [0.29, 0.717) is 5.56 Å². The second kappa shape index (κ2) is 9.53. The molecule has 3 aromatic rings. The minimum Gasteiger partial charge on any atom is -0.449 e. The summed E-state index contributed by atoms with van der Waals surface area (Å²) in [5.74, 6) is -0.0447. The van der Waals surface area contributed by atoms with Crippen molar-refractivity contribution in [2.24, 2.45) is 0 Å². The van der Waals surface area contributed by atoms with Gasteiger partial charge in [0.2, 0.25) is 0 Å². The van der Waals surface area contributed by atoms with Gasteiger partial charge in [0, 0.05) is 12.5 Å². The van der Waals surface area contributed by atoms with E-state index < -0.39 is 18.3 Å². The van der Waals surface area contributed by atoms with Crippen LogP contribution in [0.2, 0.25) is 0 Å². The molecule has 1 aliphatic carbocycles. The summed E-state index contributed by atoms with van der Waals surface area (Å²) >= 11 is 0. The van der Waals surface area contributed by atoms with Crippen molar-refractivity contribution in [2.45, 2.75) is 31.7 Å². The zero-order valence-electron chi connectivity index (χ0n) is 17.9. The summed E-state index contributed by atoms with van der Waals surface area (Å²) in [7, 11) is 0. The van der Waals surface area contributed by atoms with Crippen LogP contribution in [0.25, 0.3) is 11.1 Å². The number of fused-ring (bicyclic) bond motifs is 3. The average molecular weight is 434 g/mol. The highest BCUT2D eigenvalue weighted by molar-refractivity contribution is 5.79. The van der Waals surface area contributed by atoms with Gasteiger partial charge in [0.1, 0.15) is 18.8 Å². The molecule has 0 aromatic heterocycles. The Hall–Kier alpha value is -3.19. The maximum absolute atomic E-state index is 12.3. The normalized spacial score (nSPS) is 14.4. The maximum atomic E-state index is 12.3. The van der Waals surface area contributed by atoms with Crippen molar-refractivity contribution in [3.8, 4) is 11.1 Å². The number of carbonyl (C=O) groups excluding carboxylic acids is 1. The fourth-order valence-electron chi connectivity index (χ4n) is 4.25. The molecule has 0 radical (unpaired) electrons. The lowest BCUT2D eigenvalue weighted by Crippen LogP contribution is -2.36. The molecule has 32 heavy (non-hydrogen) atoms. The molecule has 2 atom stereocenters. The van der Waals surface area contributed by atoms with Crippen molar-refractivity contribution in [3.05, 3.63) is 94.5 Å². The number of ether oxygens (including phenoxy) is 1. The highest BCUT2D eigenvalue weighted by Gasteiger charge is 2.29. The Bertz CT molecular complexity index is 1070. The van der Waals surface area contributed by atoms with Crippen LogP contribution in [0.15, 0.2) is 66.7 Å². The maximum Gasteiger partial charge on any atom is 0.407 e. The quantitative estimate of drug-likeness (QED) is 0.458. The molecule has 0 saturated heterocycles. The van der Waals surface area contributed by atoms with Crippen molar-refractivity contribution >= 4 is 6.09 Å². The average Bonchev–Trinajstić information content (AvgIpc) is 3.14. The molecule has 0 bridgehead atoms. The summed E-state index contributed by atoms with van der Waals surface area (Å²) in [6.45, 7) is 1.76. The van der Waals surface area contributed by atoms with E-state index in [1.165, 1.54) is 0 Å². The Labute approximate surface area is 187 Å². The molecule has 3 aromatic carbocycles. The molecule has 4 rings (SSSR count). The number of aryl methyl sites for hydroxylation is 1. The fourth-order valence-corrected chi connectivity index (χ4v) is 4.25. The van der Waals surface area contributed by atoms with E-state index in [9.17, 15) is 20.1 Å². The van der Waals surface area contributed by atoms with E-state index in [2.05, 4.69) is 17.4 Å². The van der Waals surface area contributed by atoms with Gasteiger partial charge in [0.05, 0.1) is 6.61 Å². The molecule has 1 aliphatic rings. The standard InChI is InChI=1S/C26H27NO5/c1-16-12-17(10-11-18(16)14-28)25(30)24(29)13-27-26(31)32-15-23-21-8-4-2-6-19(21)20-7-3-5-9-22(20)23/h2-12,23-25,28-30H,13-15H2,1H3,(H,27,31). The third kappa shape index (κ3) is 4.39. The van der Waals surface area contributed by atoms with Gasteiger partial charge < -0.3 is 25.4 Å². The minimum atomic E-state index is -1.20. The van der Waals surface area contributed by atoms with E-state index in [4.69, 9.17) is 4.74 Å². The van der Waals surface area contributed by atoms with Crippen molar-refractivity contribution in [1.29, 1.82) is 0 Å². The first-order chi connectivity index (χ1) is 15.5.